The van der Waals surface area contributed by atoms with Gasteiger partial charge >= 0.3 is 0 Å². The monoisotopic (exact) mass is 346 g/mol. The van der Waals surface area contributed by atoms with Crippen LogP contribution in [0.2, 0.25) is 0 Å². The molecule has 0 aliphatic heterocycles. The molecule has 0 bridgehead atoms. The number of hydrogen-bond acceptors (Lipinski definition) is 3. The summed E-state index contributed by atoms with van der Waals surface area (Å²) in [4.78, 5) is 11.2. The van der Waals surface area contributed by atoms with Crippen molar-refractivity contribution in [3.8, 4) is 0 Å². The second-order valence-corrected chi connectivity index (χ2v) is 8.58. The molecule has 1 aliphatic rings. The summed E-state index contributed by atoms with van der Waals surface area (Å²) in [5, 5.41) is 2.33. The van der Waals surface area contributed by atoms with Gasteiger partial charge in [-0.15, -0.1) is 0 Å². The molecule has 0 saturated heterocycles. The van der Waals surface area contributed by atoms with Crippen molar-refractivity contribution < 1.29 is 22.0 Å². The quantitative estimate of drug-likeness (QED) is 0.880. The fourth-order valence-corrected chi connectivity index (χ4v) is 3.71. The molecule has 128 valence electrons. The Morgan fingerprint density at radius 3 is 2.26 bits per heavy atom. The van der Waals surface area contributed by atoms with E-state index in [1.165, 1.54) is 0 Å². The van der Waals surface area contributed by atoms with Gasteiger partial charge in [0.05, 0.1) is 5.69 Å². The van der Waals surface area contributed by atoms with E-state index < -0.39 is 38.0 Å². The number of amides is 1. The summed E-state index contributed by atoms with van der Waals surface area (Å²) in [5.41, 5.74) is -1.17. The maximum Gasteiger partial charge on any atom is 0.244 e. The minimum Gasteiger partial charge on any atom is -0.323 e. The molecule has 2 atom stereocenters. The minimum absolute atomic E-state index is 0.212. The predicted molar refractivity (Wildman–Crippen MR) is 82.3 cm³/mol. The summed E-state index contributed by atoms with van der Waals surface area (Å²) in [6.45, 7) is 6.68. The van der Waals surface area contributed by atoms with Crippen molar-refractivity contribution in [2.45, 2.75) is 44.6 Å². The van der Waals surface area contributed by atoms with Crippen LogP contribution in [0.3, 0.4) is 0 Å². The van der Waals surface area contributed by atoms with Crippen molar-refractivity contribution in [2.24, 2.45) is 11.8 Å². The van der Waals surface area contributed by atoms with Gasteiger partial charge in [-0.3, -0.25) is 4.79 Å². The van der Waals surface area contributed by atoms with Gasteiger partial charge in [-0.2, -0.15) is 0 Å². The van der Waals surface area contributed by atoms with Gasteiger partial charge in [0.15, 0.2) is 0 Å². The van der Waals surface area contributed by atoms with Gasteiger partial charge in [-0.25, -0.2) is 21.9 Å². The van der Waals surface area contributed by atoms with Gasteiger partial charge in [-0.05, 0) is 39.2 Å². The molecule has 1 saturated carbocycles. The summed E-state index contributed by atoms with van der Waals surface area (Å²) in [6.07, 6.45) is 0.700. The standard InChI is InChI=1S/C15H20F2N2O3S/c1-8-5-9(8)14(20)18-12-7-13(11(17)6-10(12)16)23(21,22)19-15(2,3)4/h6-9,19H,5H2,1-4H3,(H,18,20)/t8-,9+/m0/s1. The summed E-state index contributed by atoms with van der Waals surface area (Å²) in [5.74, 6) is -2.62. The molecule has 0 aromatic heterocycles. The van der Waals surface area contributed by atoms with Crippen LogP contribution in [0.4, 0.5) is 14.5 Å². The number of carbonyl (C=O) groups excluding carboxylic acids is 1. The van der Waals surface area contributed by atoms with Crippen LogP contribution in [0, 0.1) is 23.5 Å². The molecule has 0 heterocycles. The largest absolute Gasteiger partial charge is 0.323 e. The fourth-order valence-electron chi connectivity index (χ4n) is 2.20. The van der Waals surface area contributed by atoms with E-state index in [0.29, 0.717) is 12.5 Å². The Morgan fingerprint density at radius 1 is 1.22 bits per heavy atom. The fraction of sp³-hybridized carbons (Fsp3) is 0.533. The van der Waals surface area contributed by atoms with Crippen LogP contribution in [0.15, 0.2) is 17.0 Å². The normalized spacial score (nSPS) is 21.1. The lowest BCUT2D eigenvalue weighted by Gasteiger charge is -2.21. The Hall–Kier alpha value is -1.54. The summed E-state index contributed by atoms with van der Waals surface area (Å²) >= 11 is 0. The number of nitrogens with one attached hydrogen (secondary N) is 2. The molecule has 0 radical (unpaired) electrons. The van der Waals surface area contributed by atoms with Crippen LogP contribution in [0.1, 0.15) is 34.1 Å². The van der Waals surface area contributed by atoms with Crippen molar-refractivity contribution in [1.29, 1.82) is 0 Å². The van der Waals surface area contributed by atoms with Gasteiger partial charge in [0.2, 0.25) is 15.9 Å². The SMILES string of the molecule is C[C@H]1C[C@H]1C(=O)Nc1cc(S(=O)(=O)NC(C)(C)C)c(F)cc1F. The van der Waals surface area contributed by atoms with Crippen LogP contribution >= 0.6 is 0 Å². The zero-order valence-electron chi connectivity index (χ0n) is 13.4. The molecule has 0 spiro atoms. The van der Waals surface area contributed by atoms with Gasteiger partial charge in [0.25, 0.3) is 0 Å². The van der Waals surface area contributed by atoms with Gasteiger partial charge in [0, 0.05) is 17.5 Å². The van der Waals surface area contributed by atoms with Crippen LogP contribution in [-0.4, -0.2) is 19.9 Å². The number of carbonyl (C=O) groups is 1. The average molecular weight is 346 g/mol. The van der Waals surface area contributed by atoms with Gasteiger partial charge in [-0.1, -0.05) is 6.92 Å². The third-order valence-corrected chi connectivity index (χ3v) is 5.23. The van der Waals surface area contributed by atoms with E-state index in [2.05, 4.69) is 10.0 Å². The topological polar surface area (TPSA) is 75.3 Å². The molecular formula is C15H20F2N2O3S. The van der Waals surface area contributed by atoms with E-state index >= 15 is 0 Å². The van der Waals surface area contributed by atoms with Crippen LogP contribution in [0.5, 0.6) is 0 Å². The third-order valence-electron chi connectivity index (χ3n) is 3.46. The Kier molecular flexibility index (Phi) is 4.51. The first-order chi connectivity index (χ1) is 10.4. The van der Waals surface area contributed by atoms with E-state index in [9.17, 15) is 22.0 Å². The van der Waals surface area contributed by atoms with Crippen LogP contribution < -0.4 is 10.0 Å². The van der Waals surface area contributed by atoms with Crippen LogP contribution in [0.25, 0.3) is 0 Å². The molecule has 8 heteroatoms. The third kappa shape index (κ3) is 4.26. The molecule has 0 unspecified atom stereocenters. The smallest absolute Gasteiger partial charge is 0.244 e. The Labute approximate surface area is 134 Å². The molecule has 2 rings (SSSR count). The highest BCUT2D eigenvalue weighted by atomic mass is 32.2. The molecule has 1 amide bonds. The summed E-state index contributed by atoms with van der Waals surface area (Å²) < 4.78 is 54.5. The zero-order chi connectivity index (χ0) is 17.6. The lowest BCUT2D eigenvalue weighted by atomic mass is 10.1. The van der Waals surface area contributed by atoms with Gasteiger partial charge in [0.1, 0.15) is 16.5 Å². The minimum atomic E-state index is -4.18. The molecule has 2 N–H and O–H groups in total. The molecule has 5 nitrogen and oxygen atoms in total. The van der Waals surface area contributed by atoms with E-state index in [0.717, 1.165) is 6.07 Å². The molecule has 1 aromatic carbocycles. The highest BCUT2D eigenvalue weighted by Gasteiger charge is 2.39. The second kappa shape index (κ2) is 5.83. The molecular weight excluding hydrogens is 326 g/mol. The van der Waals surface area contributed by atoms with Crippen molar-refractivity contribution in [3.63, 3.8) is 0 Å². The number of halogens is 2. The van der Waals surface area contributed by atoms with E-state index in [1.54, 1.807) is 20.8 Å². The summed E-state index contributed by atoms with van der Waals surface area (Å²) in [7, 11) is -4.18. The Balaban J connectivity index is 2.34. The highest BCUT2D eigenvalue weighted by Crippen LogP contribution is 2.38. The molecule has 1 aliphatic carbocycles. The second-order valence-electron chi connectivity index (χ2n) is 6.93. The lowest BCUT2D eigenvalue weighted by Crippen LogP contribution is -2.40. The highest BCUT2D eigenvalue weighted by molar-refractivity contribution is 7.89. The van der Waals surface area contributed by atoms with Crippen molar-refractivity contribution in [2.75, 3.05) is 5.32 Å². The maximum atomic E-state index is 13.9. The van der Waals surface area contributed by atoms with Crippen molar-refractivity contribution in [3.05, 3.63) is 23.8 Å². The number of sulfonamides is 1. The molecule has 23 heavy (non-hydrogen) atoms. The number of benzene rings is 1. The van der Waals surface area contributed by atoms with Crippen LogP contribution in [-0.2, 0) is 14.8 Å². The first-order valence-corrected chi connectivity index (χ1v) is 8.73. The van der Waals surface area contributed by atoms with E-state index in [-0.39, 0.29) is 17.5 Å². The van der Waals surface area contributed by atoms with Crippen molar-refractivity contribution in [1.82, 2.24) is 4.72 Å². The summed E-state index contributed by atoms with van der Waals surface area (Å²) in [6, 6.07) is 1.27. The first kappa shape index (κ1) is 17.8. The first-order valence-electron chi connectivity index (χ1n) is 7.24. The maximum absolute atomic E-state index is 13.9. The molecule has 1 fully saturated rings. The zero-order valence-corrected chi connectivity index (χ0v) is 14.2. The van der Waals surface area contributed by atoms with Gasteiger partial charge < -0.3 is 5.32 Å². The molecule has 1 aromatic rings. The number of hydrogen-bond donors (Lipinski definition) is 2. The lowest BCUT2D eigenvalue weighted by molar-refractivity contribution is -0.117. The van der Waals surface area contributed by atoms with Crippen molar-refractivity contribution >= 4 is 21.6 Å². The average Bonchev–Trinajstić information content (AvgIpc) is 3.06. The number of anilines is 1. The Bertz CT molecular complexity index is 742. The predicted octanol–water partition coefficient (Wildman–Crippen LogP) is 2.64. The number of rotatable bonds is 4. The van der Waals surface area contributed by atoms with E-state index in [4.69, 9.17) is 0 Å². The van der Waals surface area contributed by atoms with E-state index in [1.807, 2.05) is 6.92 Å². The Morgan fingerprint density at radius 2 is 1.78 bits per heavy atom.